The van der Waals surface area contributed by atoms with Gasteiger partial charge in [0.2, 0.25) is 0 Å². The molecule has 0 amide bonds. The zero-order valence-corrected chi connectivity index (χ0v) is 14.5. The molecule has 0 atom stereocenters. The molecule has 0 fully saturated rings. The molecule has 1 aromatic heterocycles. The van der Waals surface area contributed by atoms with Crippen molar-refractivity contribution in [2.24, 2.45) is 0 Å². The molecule has 0 spiro atoms. The average Bonchev–Trinajstić information content (AvgIpc) is 2.97. The first-order valence-electron chi connectivity index (χ1n) is 6.15. The monoisotopic (exact) mass is 407 g/mol. The summed E-state index contributed by atoms with van der Waals surface area (Å²) in [5, 5.41) is 0. The van der Waals surface area contributed by atoms with Gasteiger partial charge in [-0.05, 0) is 53.0 Å². The highest BCUT2D eigenvalue weighted by Gasteiger charge is 2.18. The number of aromatic nitrogens is 1. The maximum absolute atomic E-state index is 4.25. The molecule has 0 aliphatic heterocycles. The number of benzene rings is 2. The molecule has 0 N–H and O–H groups in total. The van der Waals surface area contributed by atoms with Crippen molar-refractivity contribution in [3.63, 3.8) is 0 Å². The molecule has 0 saturated heterocycles. The molecule has 3 aromatic rings. The van der Waals surface area contributed by atoms with Gasteiger partial charge in [-0.15, -0.1) is 0 Å². The summed E-state index contributed by atoms with van der Waals surface area (Å²) >= 11 is 8.54. The minimum Gasteiger partial charge on any atom is -0.201 e. The number of hydrogen-bond acceptors (Lipinski definition) is 2. The summed E-state index contributed by atoms with van der Waals surface area (Å²) in [7, 11) is 0. The van der Waals surface area contributed by atoms with Gasteiger partial charge in [-0.3, -0.25) is 0 Å². The van der Waals surface area contributed by atoms with Gasteiger partial charge in [0.15, 0.2) is 0 Å². The summed E-state index contributed by atoms with van der Waals surface area (Å²) in [5.41, 5.74) is 2.56. The first kappa shape index (κ1) is 14.0. The Morgan fingerprint density at radius 3 is 1.65 bits per heavy atom. The van der Waals surface area contributed by atoms with E-state index in [0.29, 0.717) is 0 Å². The van der Waals surface area contributed by atoms with Crippen molar-refractivity contribution in [3.05, 3.63) is 85.7 Å². The Hall–Kier alpha value is -0.970. The molecule has 100 valence electrons. The van der Waals surface area contributed by atoms with E-state index >= 15 is 0 Å². The maximum atomic E-state index is 4.25. The summed E-state index contributed by atoms with van der Waals surface area (Å²) in [4.78, 5) is 1.26. The second-order valence-corrected chi connectivity index (χ2v) is 7.15. The van der Waals surface area contributed by atoms with E-state index in [-0.39, 0.29) is 5.92 Å². The predicted molar refractivity (Wildman–Crippen MR) is 91.3 cm³/mol. The van der Waals surface area contributed by atoms with Gasteiger partial charge in [-0.25, -0.2) is 4.37 Å². The molecule has 3 rings (SSSR count). The highest BCUT2D eigenvalue weighted by atomic mass is 79.9. The second-order valence-electron chi connectivity index (χ2n) is 4.45. The lowest BCUT2D eigenvalue weighted by atomic mass is 9.90. The van der Waals surface area contributed by atoms with E-state index in [0.717, 1.165) is 8.95 Å². The van der Waals surface area contributed by atoms with Crippen molar-refractivity contribution in [2.45, 2.75) is 5.92 Å². The van der Waals surface area contributed by atoms with E-state index in [2.05, 4.69) is 90.8 Å². The fourth-order valence-corrected chi connectivity index (χ4v) is 3.48. The first-order chi connectivity index (χ1) is 9.74. The molecule has 0 bridgehead atoms. The summed E-state index contributed by atoms with van der Waals surface area (Å²) in [6.07, 6.45) is 1.87. The van der Waals surface area contributed by atoms with Crippen LogP contribution in [0.3, 0.4) is 0 Å². The van der Waals surface area contributed by atoms with Crippen LogP contribution in [0.4, 0.5) is 0 Å². The van der Waals surface area contributed by atoms with E-state index in [1.165, 1.54) is 16.0 Å². The lowest BCUT2D eigenvalue weighted by Gasteiger charge is -2.16. The van der Waals surface area contributed by atoms with Crippen LogP contribution in [0.1, 0.15) is 21.9 Å². The zero-order valence-electron chi connectivity index (χ0n) is 10.5. The van der Waals surface area contributed by atoms with Crippen LogP contribution in [-0.2, 0) is 0 Å². The Bertz CT molecular complexity index is 630. The summed E-state index contributed by atoms with van der Waals surface area (Å²) in [5.74, 6) is 0.240. The molecule has 2 aromatic carbocycles. The van der Waals surface area contributed by atoms with Crippen LogP contribution >= 0.6 is 43.4 Å². The highest BCUT2D eigenvalue weighted by Crippen LogP contribution is 2.34. The molecule has 0 aliphatic rings. The summed E-state index contributed by atoms with van der Waals surface area (Å²) in [6.45, 7) is 0. The van der Waals surface area contributed by atoms with E-state index < -0.39 is 0 Å². The fraction of sp³-hybridized carbons (Fsp3) is 0.0625. The lowest BCUT2D eigenvalue weighted by Crippen LogP contribution is -2.01. The fourth-order valence-electron chi connectivity index (χ4n) is 2.21. The molecule has 0 radical (unpaired) electrons. The van der Waals surface area contributed by atoms with Gasteiger partial charge in [0.05, 0.1) is 0 Å². The van der Waals surface area contributed by atoms with Gasteiger partial charge in [0.1, 0.15) is 0 Å². The Morgan fingerprint density at radius 2 is 1.25 bits per heavy atom. The summed E-state index contributed by atoms with van der Waals surface area (Å²) < 4.78 is 6.45. The Morgan fingerprint density at radius 1 is 0.750 bits per heavy atom. The smallest absolute Gasteiger partial charge is 0.0449 e. The van der Waals surface area contributed by atoms with E-state index in [9.17, 15) is 0 Å². The largest absolute Gasteiger partial charge is 0.201 e. The molecular weight excluding hydrogens is 398 g/mol. The van der Waals surface area contributed by atoms with Gasteiger partial charge in [0, 0.05) is 25.9 Å². The number of halogens is 2. The van der Waals surface area contributed by atoms with Crippen molar-refractivity contribution in [2.75, 3.05) is 0 Å². The van der Waals surface area contributed by atoms with Crippen LogP contribution in [0.5, 0.6) is 0 Å². The Labute approximate surface area is 139 Å². The SMILES string of the molecule is Brc1ccc(C(c2ccc(Br)cc2)c2ccns2)cc1. The van der Waals surface area contributed by atoms with Gasteiger partial charge in [-0.2, -0.15) is 0 Å². The van der Waals surface area contributed by atoms with Gasteiger partial charge in [-0.1, -0.05) is 56.1 Å². The third kappa shape index (κ3) is 3.03. The Kier molecular flexibility index (Phi) is 4.34. The van der Waals surface area contributed by atoms with Crippen LogP contribution in [0, 0.1) is 0 Å². The van der Waals surface area contributed by atoms with Crippen molar-refractivity contribution in [3.8, 4) is 0 Å². The molecular formula is C16H11Br2NS. The number of nitrogens with zero attached hydrogens (tertiary/aromatic N) is 1. The maximum Gasteiger partial charge on any atom is 0.0449 e. The van der Waals surface area contributed by atoms with Crippen molar-refractivity contribution in [1.82, 2.24) is 4.37 Å². The van der Waals surface area contributed by atoms with Gasteiger partial charge >= 0.3 is 0 Å². The quantitative estimate of drug-likeness (QED) is 0.529. The van der Waals surface area contributed by atoms with E-state index in [4.69, 9.17) is 0 Å². The van der Waals surface area contributed by atoms with Crippen LogP contribution in [0.2, 0.25) is 0 Å². The first-order valence-corrected chi connectivity index (χ1v) is 8.51. The molecule has 20 heavy (non-hydrogen) atoms. The number of rotatable bonds is 3. The molecule has 0 aliphatic carbocycles. The number of hydrogen-bond donors (Lipinski definition) is 0. The zero-order chi connectivity index (χ0) is 13.9. The normalized spacial score (nSPS) is 10.9. The van der Waals surface area contributed by atoms with Gasteiger partial charge < -0.3 is 0 Å². The third-order valence-electron chi connectivity index (χ3n) is 3.15. The molecule has 0 unspecified atom stereocenters. The molecule has 1 nitrogen and oxygen atoms in total. The van der Waals surface area contributed by atoms with Crippen LogP contribution in [0.25, 0.3) is 0 Å². The predicted octanol–water partition coefficient (Wildman–Crippen LogP) is 5.85. The molecule has 4 heteroatoms. The lowest BCUT2D eigenvalue weighted by molar-refractivity contribution is 1.00. The standard InChI is InChI=1S/C16H11Br2NS/c17-13-5-1-11(2-6-13)16(15-9-10-19-20-15)12-3-7-14(18)8-4-12/h1-10,16H. The van der Waals surface area contributed by atoms with E-state index in [1.54, 1.807) is 11.5 Å². The minimum atomic E-state index is 0.240. The van der Waals surface area contributed by atoms with Crippen LogP contribution in [-0.4, -0.2) is 4.37 Å². The van der Waals surface area contributed by atoms with Crippen LogP contribution < -0.4 is 0 Å². The minimum absolute atomic E-state index is 0.240. The third-order valence-corrected chi connectivity index (χ3v) is 5.02. The molecule has 1 heterocycles. The van der Waals surface area contributed by atoms with Crippen molar-refractivity contribution >= 4 is 43.4 Å². The molecule has 0 saturated carbocycles. The second kappa shape index (κ2) is 6.20. The van der Waals surface area contributed by atoms with Crippen LogP contribution in [0.15, 0.2) is 69.7 Å². The van der Waals surface area contributed by atoms with Gasteiger partial charge in [0.25, 0.3) is 0 Å². The van der Waals surface area contributed by atoms with Crippen molar-refractivity contribution in [1.29, 1.82) is 0 Å². The Balaban J connectivity index is 2.09. The van der Waals surface area contributed by atoms with Crippen molar-refractivity contribution < 1.29 is 0 Å². The topological polar surface area (TPSA) is 12.9 Å². The van der Waals surface area contributed by atoms with E-state index in [1.807, 2.05) is 6.20 Å². The highest BCUT2D eigenvalue weighted by molar-refractivity contribution is 9.10. The summed E-state index contributed by atoms with van der Waals surface area (Å²) in [6, 6.07) is 19.1. The average molecular weight is 409 g/mol.